The maximum atomic E-state index is 13.6. The summed E-state index contributed by atoms with van der Waals surface area (Å²) in [6.07, 6.45) is 0. The van der Waals surface area contributed by atoms with E-state index >= 15 is 0 Å². The summed E-state index contributed by atoms with van der Waals surface area (Å²) in [5, 5.41) is 10.6. The van der Waals surface area contributed by atoms with Gasteiger partial charge in [-0.15, -0.1) is 5.10 Å². The first-order valence-electron chi connectivity index (χ1n) is 6.42. The van der Waals surface area contributed by atoms with Gasteiger partial charge in [-0.3, -0.25) is 4.79 Å². The molecule has 0 aliphatic heterocycles. The molecule has 1 amide bonds. The van der Waals surface area contributed by atoms with Crippen LogP contribution in [0.1, 0.15) is 0 Å². The number of anilines is 1. The van der Waals surface area contributed by atoms with Crippen LogP contribution in [-0.4, -0.2) is 27.7 Å². The van der Waals surface area contributed by atoms with E-state index in [-0.39, 0.29) is 12.3 Å². The van der Waals surface area contributed by atoms with Crippen molar-refractivity contribution >= 4 is 50.2 Å². The molecule has 23 heavy (non-hydrogen) atoms. The fraction of sp³-hybridized carbons (Fsp3) is 0.0714. The van der Waals surface area contributed by atoms with E-state index in [0.29, 0.717) is 20.5 Å². The quantitative estimate of drug-likeness (QED) is 0.732. The Bertz CT molecular complexity index is 886. The summed E-state index contributed by atoms with van der Waals surface area (Å²) in [4.78, 5) is 18.2. The molecule has 118 valence electrons. The second kappa shape index (κ2) is 6.51. The maximum Gasteiger partial charge on any atom is 0.265 e. The SMILES string of the molecule is O=C(COn1nnc2ccc(Cl)cc21)Nc1ccc(Br)cc1F. The zero-order valence-electron chi connectivity index (χ0n) is 11.5. The standard InChI is InChI=1S/C14H9BrClFN4O2/c15-8-1-3-11(10(17)5-8)18-14(22)7-23-21-13-6-9(16)2-4-12(13)19-20-21/h1-6H,7H2,(H,18,22). The number of aromatic nitrogens is 3. The number of hydrogen-bond acceptors (Lipinski definition) is 4. The Balaban J connectivity index is 1.67. The van der Waals surface area contributed by atoms with Gasteiger partial charge >= 0.3 is 0 Å². The Morgan fingerprint density at radius 1 is 1.35 bits per heavy atom. The molecule has 0 bridgehead atoms. The highest BCUT2D eigenvalue weighted by Crippen LogP contribution is 2.19. The van der Waals surface area contributed by atoms with Crippen LogP contribution in [0.4, 0.5) is 10.1 Å². The van der Waals surface area contributed by atoms with E-state index in [9.17, 15) is 9.18 Å². The molecule has 0 spiro atoms. The molecule has 0 aliphatic carbocycles. The Labute approximate surface area is 143 Å². The summed E-state index contributed by atoms with van der Waals surface area (Å²) in [6.45, 7) is -0.361. The second-order valence-corrected chi connectivity index (χ2v) is 5.89. The number of carbonyl (C=O) groups excluding carboxylic acids is 1. The van der Waals surface area contributed by atoms with Crippen molar-refractivity contribution in [3.05, 3.63) is 51.7 Å². The number of hydrogen-bond donors (Lipinski definition) is 1. The number of halogens is 3. The first-order chi connectivity index (χ1) is 11.0. The zero-order chi connectivity index (χ0) is 16.4. The molecule has 1 heterocycles. The monoisotopic (exact) mass is 398 g/mol. The molecule has 9 heteroatoms. The molecule has 0 saturated carbocycles. The normalized spacial score (nSPS) is 10.7. The average molecular weight is 400 g/mol. The van der Waals surface area contributed by atoms with Crippen LogP contribution < -0.4 is 10.2 Å². The Hall–Kier alpha value is -2.19. The molecule has 6 nitrogen and oxygen atoms in total. The predicted molar refractivity (Wildman–Crippen MR) is 86.7 cm³/mol. The number of carbonyl (C=O) groups is 1. The van der Waals surface area contributed by atoms with Crippen molar-refractivity contribution in [2.75, 3.05) is 11.9 Å². The summed E-state index contributed by atoms with van der Waals surface area (Å²) in [7, 11) is 0. The van der Waals surface area contributed by atoms with Crippen molar-refractivity contribution in [1.29, 1.82) is 0 Å². The van der Waals surface area contributed by atoms with E-state index in [2.05, 4.69) is 31.6 Å². The van der Waals surface area contributed by atoms with E-state index in [1.165, 1.54) is 12.1 Å². The number of benzene rings is 2. The molecular weight excluding hydrogens is 391 g/mol. The van der Waals surface area contributed by atoms with Crippen molar-refractivity contribution in [1.82, 2.24) is 15.2 Å². The molecule has 0 aliphatic rings. The maximum absolute atomic E-state index is 13.6. The molecule has 0 fully saturated rings. The first-order valence-corrected chi connectivity index (χ1v) is 7.59. The van der Waals surface area contributed by atoms with Gasteiger partial charge in [0.25, 0.3) is 5.91 Å². The molecule has 2 aromatic carbocycles. The van der Waals surface area contributed by atoms with Gasteiger partial charge in [0.1, 0.15) is 16.9 Å². The minimum atomic E-state index is -0.550. The molecule has 1 N–H and O–H groups in total. The highest BCUT2D eigenvalue weighted by molar-refractivity contribution is 9.10. The highest BCUT2D eigenvalue weighted by atomic mass is 79.9. The van der Waals surface area contributed by atoms with Crippen LogP contribution in [0.3, 0.4) is 0 Å². The highest BCUT2D eigenvalue weighted by Gasteiger charge is 2.11. The van der Waals surface area contributed by atoms with Gasteiger partial charge in [-0.25, -0.2) is 4.39 Å². The van der Waals surface area contributed by atoms with Gasteiger partial charge in [0.15, 0.2) is 6.61 Å². The van der Waals surface area contributed by atoms with Gasteiger partial charge in [-0.2, -0.15) is 0 Å². The van der Waals surface area contributed by atoms with Crippen molar-refractivity contribution < 1.29 is 14.0 Å². The lowest BCUT2D eigenvalue weighted by Gasteiger charge is -2.08. The van der Waals surface area contributed by atoms with Gasteiger partial charge in [0.2, 0.25) is 0 Å². The van der Waals surface area contributed by atoms with Crippen LogP contribution in [-0.2, 0) is 4.79 Å². The summed E-state index contributed by atoms with van der Waals surface area (Å²) >= 11 is 9.04. The van der Waals surface area contributed by atoms with Crippen LogP contribution in [0.15, 0.2) is 40.9 Å². The van der Waals surface area contributed by atoms with Crippen LogP contribution in [0.5, 0.6) is 0 Å². The fourth-order valence-electron chi connectivity index (χ4n) is 1.86. The number of nitrogens with one attached hydrogen (secondary N) is 1. The molecule has 0 unspecified atom stereocenters. The summed E-state index contributed by atoms with van der Waals surface area (Å²) < 4.78 is 14.2. The van der Waals surface area contributed by atoms with Gasteiger partial charge in [0, 0.05) is 9.50 Å². The van der Waals surface area contributed by atoms with Crippen LogP contribution in [0.25, 0.3) is 11.0 Å². The summed E-state index contributed by atoms with van der Waals surface area (Å²) in [5.41, 5.74) is 1.17. The lowest BCUT2D eigenvalue weighted by atomic mass is 10.3. The summed E-state index contributed by atoms with van der Waals surface area (Å²) in [6, 6.07) is 9.29. The van der Waals surface area contributed by atoms with Gasteiger partial charge in [-0.05, 0) is 41.6 Å². The minimum absolute atomic E-state index is 0.0632. The molecule has 1 aromatic heterocycles. The van der Waals surface area contributed by atoms with E-state index in [1.807, 2.05) is 0 Å². The Morgan fingerprint density at radius 2 is 2.17 bits per heavy atom. The number of fused-ring (bicyclic) bond motifs is 1. The fourth-order valence-corrected chi connectivity index (χ4v) is 2.36. The second-order valence-electron chi connectivity index (χ2n) is 4.54. The van der Waals surface area contributed by atoms with Crippen LogP contribution >= 0.6 is 27.5 Å². The molecular formula is C14H9BrClFN4O2. The summed E-state index contributed by atoms with van der Waals surface area (Å²) in [5.74, 6) is -1.08. The van der Waals surface area contributed by atoms with Crippen LogP contribution in [0, 0.1) is 5.82 Å². The van der Waals surface area contributed by atoms with Crippen molar-refractivity contribution in [2.45, 2.75) is 0 Å². The van der Waals surface area contributed by atoms with Gasteiger partial charge in [0.05, 0.1) is 5.69 Å². The van der Waals surface area contributed by atoms with E-state index in [1.54, 1.807) is 24.3 Å². The van der Waals surface area contributed by atoms with E-state index in [0.717, 1.165) is 4.85 Å². The molecule has 3 rings (SSSR count). The molecule has 3 aromatic rings. The number of rotatable bonds is 4. The number of amides is 1. The topological polar surface area (TPSA) is 69.0 Å². The molecule has 0 radical (unpaired) electrons. The molecule has 0 atom stereocenters. The van der Waals surface area contributed by atoms with E-state index < -0.39 is 11.7 Å². The lowest BCUT2D eigenvalue weighted by Crippen LogP contribution is -2.26. The van der Waals surface area contributed by atoms with Crippen molar-refractivity contribution in [3.63, 3.8) is 0 Å². The smallest absolute Gasteiger partial charge is 0.265 e. The van der Waals surface area contributed by atoms with Crippen molar-refractivity contribution in [3.8, 4) is 0 Å². The molecule has 0 saturated heterocycles. The third kappa shape index (κ3) is 3.59. The zero-order valence-corrected chi connectivity index (χ0v) is 13.8. The Morgan fingerprint density at radius 3 is 2.96 bits per heavy atom. The predicted octanol–water partition coefficient (Wildman–Crippen LogP) is 3.05. The first kappa shape index (κ1) is 15.7. The minimum Gasteiger partial charge on any atom is -0.385 e. The van der Waals surface area contributed by atoms with Gasteiger partial charge < -0.3 is 10.2 Å². The van der Waals surface area contributed by atoms with Crippen molar-refractivity contribution in [2.24, 2.45) is 0 Å². The van der Waals surface area contributed by atoms with E-state index in [4.69, 9.17) is 16.4 Å². The lowest BCUT2D eigenvalue weighted by molar-refractivity contribution is -0.121. The van der Waals surface area contributed by atoms with Crippen LogP contribution in [0.2, 0.25) is 5.02 Å². The third-order valence-corrected chi connectivity index (χ3v) is 3.63. The largest absolute Gasteiger partial charge is 0.385 e. The average Bonchev–Trinajstić information content (AvgIpc) is 2.90. The third-order valence-electron chi connectivity index (χ3n) is 2.90. The van der Waals surface area contributed by atoms with Gasteiger partial charge in [-0.1, -0.05) is 32.4 Å². The number of nitrogens with zero attached hydrogens (tertiary/aromatic N) is 3. The Kier molecular flexibility index (Phi) is 4.44.